The van der Waals surface area contributed by atoms with Gasteiger partial charge in [-0.15, -0.1) is 11.3 Å². The van der Waals surface area contributed by atoms with Crippen LogP contribution in [0, 0.1) is 10.1 Å². The van der Waals surface area contributed by atoms with Gasteiger partial charge in [0.1, 0.15) is 16.3 Å². The Morgan fingerprint density at radius 2 is 1.74 bits per heavy atom. The smallest absolute Gasteiger partial charge is 0.282 e. The second kappa shape index (κ2) is 9.53. The molecule has 2 aliphatic rings. The van der Waals surface area contributed by atoms with Crippen molar-refractivity contribution in [3.05, 3.63) is 74.8 Å². The van der Waals surface area contributed by atoms with E-state index >= 15 is 0 Å². The summed E-state index contributed by atoms with van der Waals surface area (Å²) < 4.78 is 5.21. The number of nitro groups is 1. The fraction of sp³-hybridized carbons (Fsp3) is 0.292. The maximum Gasteiger partial charge on any atom is 0.282 e. The topological polar surface area (TPSA) is 109 Å². The van der Waals surface area contributed by atoms with Crippen LogP contribution in [0.2, 0.25) is 0 Å². The summed E-state index contributed by atoms with van der Waals surface area (Å²) in [6.45, 7) is 3.71. The highest BCUT2D eigenvalue weighted by Crippen LogP contribution is 2.31. The van der Waals surface area contributed by atoms with E-state index in [1.807, 2.05) is 29.2 Å². The Labute approximate surface area is 205 Å². The monoisotopic (exact) mass is 493 g/mol. The third-order valence-corrected chi connectivity index (χ3v) is 7.19. The van der Waals surface area contributed by atoms with E-state index in [0.717, 1.165) is 46.5 Å². The number of hydrogen-bond donors (Lipinski definition) is 0. The van der Waals surface area contributed by atoms with Crippen molar-refractivity contribution in [1.29, 1.82) is 0 Å². The molecule has 11 heteroatoms. The van der Waals surface area contributed by atoms with Crippen LogP contribution in [0.4, 0.5) is 5.69 Å². The second-order valence-electron chi connectivity index (χ2n) is 8.40. The summed E-state index contributed by atoms with van der Waals surface area (Å²) in [6.07, 6.45) is 0. The van der Waals surface area contributed by atoms with Gasteiger partial charge in [0.05, 0.1) is 30.0 Å². The molecule has 0 aliphatic carbocycles. The fourth-order valence-electron chi connectivity index (χ4n) is 4.36. The first-order valence-corrected chi connectivity index (χ1v) is 12.0. The SMILES string of the molecule is COc1ccc(-c2nc(CN3CCN(CN4C(=O)c5cccc([N+](=O)[O-])c5C4=O)CC3)cs2)cc1. The Morgan fingerprint density at radius 1 is 1.03 bits per heavy atom. The Hall–Kier alpha value is -3.67. The van der Waals surface area contributed by atoms with Gasteiger partial charge < -0.3 is 4.74 Å². The van der Waals surface area contributed by atoms with Crippen molar-refractivity contribution in [3.63, 3.8) is 0 Å². The minimum absolute atomic E-state index is 0.0963. The zero-order valence-corrected chi connectivity index (χ0v) is 19.9. The third kappa shape index (κ3) is 4.53. The number of piperazine rings is 1. The number of benzene rings is 2. The number of ether oxygens (including phenoxy) is 1. The number of carbonyl (C=O) groups excluding carboxylic acids is 2. The summed E-state index contributed by atoms with van der Waals surface area (Å²) in [7, 11) is 1.64. The van der Waals surface area contributed by atoms with E-state index in [4.69, 9.17) is 9.72 Å². The largest absolute Gasteiger partial charge is 0.497 e. The number of aromatic nitrogens is 1. The molecule has 2 aliphatic heterocycles. The van der Waals surface area contributed by atoms with E-state index in [2.05, 4.69) is 10.3 Å². The molecule has 1 fully saturated rings. The van der Waals surface area contributed by atoms with Crippen molar-refractivity contribution in [1.82, 2.24) is 19.7 Å². The fourth-order valence-corrected chi connectivity index (χ4v) is 5.18. The van der Waals surface area contributed by atoms with Crippen LogP contribution in [-0.4, -0.2) is 76.4 Å². The van der Waals surface area contributed by atoms with E-state index in [-0.39, 0.29) is 23.5 Å². The first-order valence-electron chi connectivity index (χ1n) is 11.1. The van der Waals surface area contributed by atoms with Crippen molar-refractivity contribution >= 4 is 28.8 Å². The van der Waals surface area contributed by atoms with Crippen molar-refractivity contribution in [2.45, 2.75) is 6.54 Å². The highest BCUT2D eigenvalue weighted by atomic mass is 32.1. The van der Waals surface area contributed by atoms with Crippen molar-refractivity contribution < 1.29 is 19.2 Å². The van der Waals surface area contributed by atoms with Gasteiger partial charge in [-0.1, -0.05) is 6.07 Å². The number of carbonyl (C=O) groups is 2. The molecule has 5 rings (SSSR count). The molecule has 3 heterocycles. The highest BCUT2D eigenvalue weighted by Gasteiger charge is 2.41. The number of methoxy groups -OCH3 is 1. The quantitative estimate of drug-likeness (QED) is 0.281. The molecule has 2 aromatic carbocycles. The molecule has 3 aromatic rings. The van der Waals surface area contributed by atoms with Gasteiger partial charge in [-0.3, -0.25) is 34.4 Å². The number of imide groups is 1. The molecule has 35 heavy (non-hydrogen) atoms. The lowest BCUT2D eigenvalue weighted by Crippen LogP contribution is -2.50. The molecule has 0 radical (unpaired) electrons. The molecule has 0 unspecified atom stereocenters. The lowest BCUT2D eigenvalue weighted by Gasteiger charge is -2.35. The molecule has 1 saturated heterocycles. The molecular formula is C24H23N5O5S. The van der Waals surface area contributed by atoms with Gasteiger partial charge in [0, 0.05) is 49.7 Å². The van der Waals surface area contributed by atoms with Gasteiger partial charge in [-0.2, -0.15) is 0 Å². The van der Waals surface area contributed by atoms with Gasteiger partial charge in [0.2, 0.25) is 0 Å². The number of nitro benzene ring substituents is 1. The molecule has 1 aromatic heterocycles. The molecule has 2 amide bonds. The van der Waals surface area contributed by atoms with Crippen LogP contribution in [-0.2, 0) is 6.54 Å². The van der Waals surface area contributed by atoms with Crippen molar-refractivity contribution in [2.24, 2.45) is 0 Å². The first kappa shape index (κ1) is 23.1. The molecule has 0 bridgehead atoms. The van der Waals surface area contributed by atoms with Gasteiger partial charge in [0.25, 0.3) is 17.5 Å². The predicted molar refractivity (Wildman–Crippen MR) is 129 cm³/mol. The van der Waals surface area contributed by atoms with Gasteiger partial charge in [0.15, 0.2) is 0 Å². The van der Waals surface area contributed by atoms with Gasteiger partial charge in [-0.05, 0) is 30.3 Å². The van der Waals surface area contributed by atoms with Crippen LogP contribution in [0.5, 0.6) is 5.75 Å². The van der Waals surface area contributed by atoms with Crippen LogP contribution in [0.1, 0.15) is 26.4 Å². The maximum atomic E-state index is 12.8. The Bertz CT molecular complexity index is 1280. The second-order valence-corrected chi connectivity index (χ2v) is 9.26. The molecule has 0 saturated carbocycles. The summed E-state index contributed by atoms with van der Waals surface area (Å²) >= 11 is 1.61. The van der Waals surface area contributed by atoms with Crippen LogP contribution in [0.3, 0.4) is 0 Å². The van der Waals surface area contributed by atoms with Crippen molar-refractivity contribution in [2.75, 3.05) is 40.0 Å². The lowest BCUT2D eigenvalue weighted by molar-refractivity contribution is -0.385. The minimum Gasteiger partial charge on any atom is -0.497 e. The summed E-state index contributed by atoms with van der Waals surface area (Å²) in [5.74, 6) is -0.277. The van der Waals surface area contributed by atoms with E-state index in [0.29, 0.717) is 13.1 Å². The number of rotatable bonds is 7. The molecule has 0 N–H and O–H groups in total. The zero-order chi connectivity index (χ0) is 24.5. The first-order chi connectivity index (χ1) is 16.9. The Balaban J connectivity index is 1.17. The predicted octanol–water partition coefficient (Wildman–Crippen LogP) is 3.10. The normalized spacial score (nSPS) is 16.5. The molecule has 0 spiro atoms. The van der Waals surface area contributed by atoms with Crippen LogP contribution in [0.15, 0.2) is 47.8 Å². The minimum atomic E-state index is -0.620. The highest BCUT2D eigenvalue weighted by molar-refractivity contribution is 7.13. The number of hydrogen-bond acceptors (Lipinski definition) is 9. The zero-order valence-electron chi connectivity index (χ0n) is 19.0. The summed E-state index contributed by atoms with van der Waals surface area (Å²) in [4.78, 5) is 46.4. The third-order valence-electron chi connectivity index (χ3n) is 6.25. The van der Waals surface area contributed by atoms with E-state index in [9.17, 15) is 19.7 Å². The van der Waals surface area contributed by atoms with Crippen molar-refractivity contribution in [3.8, 4) is 16.3 Å². The standard InChI is InChI=1S/C24H23N5O5S/c1-34-18-7-5-16(6-8-18)22-25-17(14-35-22)13-26-9-11-27(12-10-26)15-28-23(30)19-3-2-4-20(29(32)33)21(19)24(28)31/h2-8,14H,9-13,15H2,1H3. The van der Waals surface area contributed by atoms with Crippen LogP contribution < -0.4 is 4.74 Å². The van der Waals surface area contributed by atoms with Gasteiger partial charge in [-0.25, -0.2) is 4.98 Å². The average molecular weight is 494 g/mol. The van der Waals surface area contributed by atoms with E-state index in [1.54, 1.807) is 18.4 Å². The molecule has 180 valence electrons. The maximum absolute atomic E-state index is 12.8. The summed E-state index contributed by atoms with van der Waals surface area (Å²) in [5, 5.41) is 14.3. The number of thiazole rings is 1. The van der Waals surface area contributed by atoms with Crippen LogP contribution >= 0.6 is 11.3 Å². The Kier molecular flexibility index (Phi) is 6.29. The van der Waals surface area contributed by atoms with E-state index < -0.39 is 16.7 Å². The molecular weight excluding hydrogens is 470 g/mol. The summed E-state index contributed by atoms with van der Waals surface area (Å²) in [6, 6.07) is 12.0. The molecule has 10 nitrogen and oxygen atoms in total. The van der Waals surface area contributed by atoms with E-state index in [1.165, 1.54) is 18.2 Å². The number of fused-ring (bicyclic) bond motifs is 1. The molecule has 0 atom stereocenters. The number of nitrogens with zero attached hydrogens (tertiary/aromatic N) is 5. The summed E-state index contributed by atoms with van der Waals surface area (Å²) in [5.41, 5.74) is 1.71. The van der Waals surface area contributed by atoms with Crippen LogP contribution in [0.25, 0.3) is 10.6 Å². The van der Waals surface area contributed by atoms with Gasteiger partial charge >= 0.3 is 0 Å². The lowest BCUT2D eigenvalue weighted by atomic mass is 10.1. The average Bonchev–Trinajstić information content (AvgIpc) is 3.44. The Morgan fingerprint density at radius 3 is 2.43 bits per heavy atom. The number of amides is 2.